The number of para-hydroxylation sites is 3. The summed E-state index contributed by atoms with van der Waals surface area (Å²) in [5.74, 6) is 0. The van der Waals surface area contributed by atoms with E-state index in [1.54, 1.807) is 0 Å². The maximum atomic E-state index is 6.12. The summed E-state index contributed by atoms with van der Waals surface area (Å²) < 4.78 is 14.5. The Morgan fingerprint density at radius 2 is 0.778 bits per heavy atom. The number of hydrogen-bond donors (Lipinski definition) is 0. The molecule has 0 atom stereocenters. The molecular formula is C42H25NO2. The first-order valence-electron chi connectivity index (χ1n) is 15.3. The zero-order chi connectivity index (χ0) is 29.5. The number of fused-ring (bicyclic) bond motifs is 9. The fraction of sp³-hybridized carbons (Fsp3) is 0. The Kier molecular flexibility index (Phi) is 5.00. The van der Waals surface area contributed by atoms with Crippen LogP contribution in [0.25, 0.3) is 93.6 Å². The van der Waals surface area contributed by atoms with Gasteiger partial charge < -0.3 is 13.4 Å². The van der Waals surface area contributed by atoms with Crippen LogP contribution in [0.2, 0.25) is 0 Å². The van der Waals surface area contributed by atoms with Gasteiger partial charge >= 0.3 is 0 Å². The second-order valence-electron chi connectivity index (χ2n) is 11.7. The first-order chi connectivity index (χ1) is 22.3. The van der Waals surface area contributed by atoms with Crippen molar-refractivity contribution in [2.75, 3.05) is 0 Å². The van der Waals surface area contributed by atoms with E-state index >= 15 is 0 Å². The molecule has 0 bridgehead atoms. The summed E-state index contributed by atoms with van der Waals surface area (Å²) in [7, 11) is 0. The highest BCUT2D eigenvalue weighted by Crippen LogP contribution is 2.38. The molecule has 0 N–H and O–H groups in total. The van der Waals surface area contributed by atoms with Gasteiger partial charge in [-0.05, 0) is 82.9 Å². The fourth-order valence-electron chi connectivity index (χ4n) is 7.04. The largest absolute Gasteiger partial charge is 0.456 e. The molecular weight excluding hydrogens is 550 g/mol. The van der Waals surface area contributed by atoms with Crippen molar-refractivity contribution in [3.05, 3.63) is 152 Å². The van der Waals surface area contributed by atoms with E-state index in [9.17, 15) is 0 Å². The van der Waals surface area contributed by atoms with Gasteiger partial charge in [-0.1, -0.05) is 91.0 Å². The number of benzene rings is 7. The van der Waals surface area contributed by atoms with Crippen LogP contribution in [0, 0.1) is 0 Å². The molecule has 10 aromatic rings. The SMILES string of the molecule is c1ccc2c(c1)oc1ccc(-c3ccc(-c4ccc5c(c4)c4ccccc4n5-c4ccc5oc6ccccc6c5c4)cc3)cc12. The predicted molar refractivity (Wildman–Crippen MR) is 186 cm³/mol. The molecule has 45 heavy (non-hydrogen) atoms. The minimum absolute atomic E-state index is 0.907. The fourth-order valence-corrected chi connectivity index (χ4v) is 7.04. The zero-order valence-electron chi connectivity index (χ0n) is 24.2. The van der Waals surface area contributed by atoms with Gasteiger partial charge in [0.25, 0.3) is 0 Å². The summed E-state index contributed by atoms with van der Waals surface area (Å²) in [6, 6.07) is 53.8. The van der Waals surface area contributed by atoms with Gasteiger partial charge in [0.2, 0.25) is 0 Å². The third-order valence-corrected chi connectivity index (χ3v) is 9.22. The van der Waals surface area contributed by atoms with Crippen molar-refractivity contribution in [2.24, 2.45) is 0 Å². The van der Waals surface area contributed by atoms with Crippen molar-refractivity contribution < 1.29 is 8.83 Å². The lowest BCUT2D eigenvalue weighted by atomic mass is 9.98. The van der Waals surface area contributed by atoms with E-state index in [0.717, 1.165) is 49.6 Å². The Morgan fingerprint density at radius 3 is 1.47 bits per heavy atom. The highest BCUT2D eigenvalue weighted by molar-refractivity contribution is 6.12. The van der Waals surface area contributed by atoms with Crippen molar-refractivity contribution in [3.63, 3.8) is 0 Å². The average molecular weight is 576 g/mol. The van der Waals surface area contributed by atoms with E-state index < -0.39 is 0 Å². The topological polar surface area (TPSA) is 31.2 Å². The molecule has 3 aromatic heterocycles. The van der Waals surface area contributed by atoms with Gasteiger partial charge in [0, 0.05) is 38.0 Å². The minimum atomic E-state index is 0.907. The summed E-state index contributed by atoms with van der Waals surface area (Å²) in [6.07, 6.45) is 0. The molecule has 7 aromatic carbocycles. The second kappa shape index (κ2) is 9.22. The van der Waals surface area contributed by atoms with Crippen molar-refractivity contribution in [1.82, 2.24) is 4.57 Å². The summed E-state index contributed by atoms with van der Waals surface area (Å²) >= 11 is 0. The molecule has 0 fully saturated rings. The van der Waals surface area contributed by atoms with E-state index in [-0.39, 0.29) is 0 Å². The normalized spacial score (nSPS) is 12.0. The molecule has 0 unspecified atom stereocenters. The molecule has 0 saturated heterocycles. The Bertz CT molecular complexity index is 2760. The molecule has 3 heterocycles. The van der Waals surface area contributed by atoms with Crippen LogP contribution in [0.1, 0.15) is 0 Å². The summed E-state index contributed by atoms with van der Waals surface area (Å²) in [4.78, 5) is 0. The average Bonchev–Trinajstić information content (AvgIpc) is 3.77. The molecule has 0 aliphatic heterocycles. The summed E-state index contributed by atoms with van der Waals surface area (Å²) in [5, 5.41) is 7.04. The van der Waals surface area contributed by atoms with Crippen LogP contribution in [-0.2, 0) is 0 Å². The van der Waals surface area contributed by atoms with Crippen LogP contribution < -0.4 is 0 Å². The Morgan fingerprint density at radius 1 is 0.311 bits per heavy atom. The van der Waals surface area contributed by atoms with Crippen LogP contribution in [0.3, 0.4) is 0 Å². The molecule has 0 spiro atoms. The Balaban J connectivity index is 1.07. The van der Waals surface area contributed by atoms with Crippen LogP contribution in [0.5, 0.6) is 0 Å². The van der Waals surface area contributed by atoms with Crippen molar-refractivity contribution >= 4 is 65.7 Å². The lowest BCUT2D eigenvalue weighted by Crippen LogP contribution is -1.93. The quantitative estimate of drug-likeness (QED) is 0.210. The molecule has 0 radical (unpaired) electrons. The first-order valence-corrected chi connectivity index (χ1v) is 15.3. The predicted octanol–water partition coefficient (Wildman–Crippen LogP) is 11.9. The van der Waals surface area contributed by atoms with Gasteiger partial charge in [0.1, 0.15) is 22.3 Å². The van der Waals surface area contributed by atoms with Gasteiger partial charge in [-0.2, -0.15) is 0 Å². The van der Waals surface area contributed by atoms with Gasteiger partial charge in [-0.3, -0.25) is 0 Å². The highest BCUT2D eigenvalue weighted by atomic mass is 16.3. The monoisotopic (exact) mass is 575 g/mol. The molecule has 3 heteroatoms. The van der Waals surface area contributed by atoms with Crippen LogP contribution in [0.4, 0.5) is 0 Å². The van der Waals surface area contributed by atoms with Crippen LogP contribution in [-0.4, -0.2) is 4.57 Å². The summed E-state index contributed by atoms with van der Waals surface area (Å²) in [5.41, 5.74) is 11.9. The van der Waals surface area contributed by atoms with E-state index in [1.807, 2.05) is 24.3 Å². The lowest BCUT2D eigenvalue weighted by molar-refractivity contribution is 0.668. The molecule has 3 nitrogen and oxygen atoms in total. The number of hydrogen-bond acceptors (Lipinski definition) is 2. The molecule has 0 saturated carbocycles. The first kappa shape index (κ1) is 24.4. The molecule has 0 aliphatic rings. The lowest BCUT2D eigenvalue weighted by Gasteiger charge is -2.09. The standard InChI is InChI=1S/C42H25NO2/c1-4-10-37-31(7-1)34-23-28(17-20-38(34)43(37)30-19-22-42-36(25-30)33-9-3-6-12-40(33)45-42)26-13-15-27(16-14-26)29-18-21-41-35(24-29)32-8-2-5-11-39(32)44-41/h1-25H. The van der Waals surface area contributed by atoms with Crippen molar-refractivity contribution in [3.8, 4) is 27.9 Å². The molecule has 10 rings (SSSR count). The van der Waals surface area contributed by atoms with E-state index in [2.05, 4.69) is 132 Å². The van der Waals surface area contributed by atoms with Gasteiger partial charge in [0.05, 0.1) is 11.0 Å². The zero-order valence-corrected chi connectivity index (χ0v) is 24.2. The maximum absolute atomic E-state index is 6.12. The smallest absolute Gasteiger partial charge is 0.135 e. The Hall–Kier alpha value is -6.06. The molecule has 210 valence electrons. The molecule has 0 amide bonds. The van der Waals surface area contributed by atoms with Gasteiger partial charge in [-0.15, -0.1) is 0 Å². The number of furan rings is 2. The molecule has 0 aliphatic carbocycles. The van der Waals surface area contributed by atoms with Gasteiger partial charge in [-0.25, -0.2) is 0 Å². The van der Waals surface area contributed by atoms with Crippen LogP contribution in [0.15, 0.2) is 160 Å². The number of nitrogens with zero attached hydrogens (tertiary/aromatic N) is 1. The van der Waals surface area contributed by atoms with Crippen molar-refractivity contribution in [1.29, 1.82) is 0 Å². The van der Waals surface area contributed by atoms with Gasteiger partial charge in [0.15, 0.2) is 0 Å². The summed E-state index contributed by atoms with van der Waals surface area (Å²) in [6.45, 7) is 0. The third-order valence-electron chi connectivity index (χ3n) is 9.22. The highest BCUT2D eigenvalue weighted by Gasteiger charge is 2.15. The minimum Gasteiger partial charge on any atom is -0.456 e. The second-order valence-corrected chi connectivity index (χ2v) is 11.7. The van der Waals surface area contributed by atoms with E-state index in [4.69, 9.17) is 8.83 Å². The van der Waals surface area contributed by atoms with Crippen molar-refractivity contribution in [2.45, 2.75) is 0 Å². The van der Waals surface area contributed by atoms with E-state index in [1.165, 1.54) is 44.1 Å². The third kappa shape index (κ3) is 3.65. The number of rotatable bonds is 3. The number of aromatic nitrogens is 1. The maximum Gasteiger partial charge on any atom is 0.135 e. The Labute approximate surface area is 258 Å². The van der Waals surface area contributed by atoms with E-state index in [0.29, 0.717) is 0 Å². The van der Waals surface area contributed by atoms with Crippen LogP contribution >= 0.6 is 0 Å².